The molecule has 0 radical (unpaired) electrons. The van der Waals surface area contributed by atoms with Gasteiger partial charge in [-0.1, -0.05) is 60.2 Å². The second-order valence-corrected chi connectivity index (χ2v) is 8.57. The van der Waals surface area contributed by atoms with Gasteiger partial charge in [0.05, 0.1) is 0 Å². The highest BCUT2D eigenvalue weighted by molar-refractivity contribution is 6.10. The molecule has 0 unspecified atom stereocenters. The Morgan fingerprint density at radius 1 is 1.00 bits per heavy atom. The van der Waals surface area contributed by atoms with E-state index in [1.165, 1.54) is 16.7 Å². The molecule has 3 aromatic rings. The number of benzene rings is 3. The van der Waals surface area contributed by atoms with Crippen LogP contribution < -0.4 is 10.6 Å². The molecule has 6 nitrogen and oxygen atoms in total. The summed E-state index contributed by atoms with van der Waals surface area (Å²) in [5.74, 6) is -0.858. The second kappa shape index (κ2) is 7.34. The van der Waals surface area contributed by atoms with Gasteiger partial charge in [0, 0.05) is 5.69 Å². The zero-order valence-electron chi connectivity index (χ0n) is 17.9. The van der Waals surface area contributed by atoms with Gasteiger partial charge in [-0.15, -0.1) is 0 Å². The fourth-order valence-electron chi connectivity index (χ4n) is 4.49. The molecule has 0 spiro atoms. The van der Waals surface area contributed by atoms with Crippen LogP contribution in [0.4, 0.5) is 10.5 Å². The average molecular weight is 425 g/mol. The number of anilines is 1. The molecule has 32 heavy (non-hydrogen) atoms. The fourth-order valence-corrected chi connectivity index (χ4v) is 4.49. The summed E-state index contributed by atoms with van der Waals surface area (Å²) in [5, 5.41) is 5.56. The number of rotatable bonds is 4. The molecule has 3 aromatic carbocycles. The van der Waals surface area contributed by atoms with Crippen LogP contribution in [0.15, 0.2) is 66.7 Å². The van der Waals surface area contributed by atoms with Crippen LogP contribution in [0.2, 0.25) is 0 Å². The third-order valence-corrected chi connectivity index (χ3v) is 6.28. The average Bonchev–Trinajstić information content (AvgIpc) is 3.24. The van der Waals surface area contributed by atoms with Gasteiger partial charge < -0.3 is 10.6 Å². The first-order chi connectivity index (χ1) is 15.3. The summed E-state index contributed by atoms with van der Waals surface area (Å²) in [6.45, 7) is 3.27. The number of nitrogens with one attached hydrogen (secondary N) is 2. The van der Waals surface area contributed by atoms with Crippen molar-refractivity contribution in [1.82, 2.24) is 10.2 Å². The molecule has 2 aliphatic rings. The highest BCUT2D eigenvalue weighted by Crippen LogP contribution is 2.37. The Balaban J connectivity index is 1.29. The summed E-state index contributed by atoms with van der Waals surface area (Å²) in [7, 11) is 0. The standard InChI is InChI=1S/C26H23N3O3/c1-16-7-9-19(10-8-16)26(2)24(31)29(25(32)28-26)15-23(30)27-20-11-12-22-18(14-20)13-17-5-3-4-6-21(17)22/h3-12,14H,13,15H2,1-2H3,(H,27,30)(H,28,32)/t26-/m1/s1. The Morgan fingerprint density at radius 3 is 2.50 bits per heavy atom. The van der Waals surface area contributed by atoms with Crippen LogP contribution >= 0.6 is 0 Å². The molecule has 6 heteroatoms. The monoisotopic (exact) mass is 425 g/mol. The molecule has 0 saturated carbocycles. The maximum absolute atomic E-state index is 13.1. The molecular formula is C26H23N3O3. The Bertz CT molecular complexity index is 1270. The molecule has 0 bridgehead atoms. The van der Waals surface area contributed by atoms with Crippen LogP contribution in [0.3, 0.4) is 0 Å². The Labute approximate surface area is 186 Å². The quantitative estimate of drug-likeness (QED) is 0.486. The van der Waals surface area contributed by atoms with E-state index in [9.17, 15) is 14.4 Å². The van der Waals surface area contributed by atoms with E-state index < -0.39 is 23.4 Å². The third kappa shape index (κ3) is 3.24. The normalized spacial score (nSPS) is 18.9. The maximum Gasteiger partial charge on any atom is 0.325 e. The zero-order chi connectivity index (χ0) is 22.5. The summed E-state index contributed by atoms with van der Waals surface area (Å²) in [4.78, 5) is 39.2. The lowest BCUT2D eigenvalue weighted by molar-refractivity contribution is -0.133. The summed E-state index contributed by atoms with van der Waals surface area (Å²) >= 11 is 0. The maximum atomic E-state index is 13.1. The number of urea groups is 1. The number of carbonyl (C=O) groups is 3. The zero-order valence-corrected chi connectivity index (χ0v) is 17.9. The topological polar surface area (TPSA) is 78.5 Å². The Kier molecular flexibility index (Phi) is 4.59. The van der Waals surface area contributed by atoms with Crippen LogP contribution in [0.5, 0.6) is 0 Å². The van der Waals surface area contributed by atoms with E-state index in [0.717, 1.165) is 22.4 Å². The molecule has 2 N–H and O–H groups in total. The summed E-state index contributed by atoms with van der Waals surface area (Å²) in [6, 6.07) is 20.9. The van der Waals surface area contributed by atoms with Crippen LogP contribution in [-0.2, 0) is 21.5 Å². The summed E-state index contributed by atoms with van der Waals surface area (Å²) < 4.78 is 0. The smallest absolute Gasteiger partial charge is 0.325 e. The molecule has 1 atom stereocenters. The molecule has 1 fully saturated rings. The number of imide groups is 1. The number of aryl methyl sites for hydroxylation is 1. The van der Waals surface area contributed by atoms with Crippen molar-refractivity contribution in [2.24, 2.45) is 0 Å². The summed E-state index contributed by atoms with van der Waals surface area (Å²) in [5.41, 5.74) is 5.99. The molecule has 1 aliphatic carbocycles. The van der Waals surface area contributed by atoms with E-state index in [-0.39, 0.29) is 6.54 Å². The predicted molar refractivity (Wildman–Crippen MR) is 122 cm³/mol. The van der Waals surface area contributed by atoms with Crippen LogP contribution in [0, 0.1) is 6.92 Å². The first-order valence-corrected chi connectivity index (χ1v) is 10.6. The largest absolute Gasteiger partial charge is 0.325 e. The molecule has 1 heterocycles. The highest BCUT2D eigenvalue weighted by atomic mass is 16.2. The van der Waals surface area contributed by atoms with Gasteiger partial charge in [0.15, 0.2) is 0 Å². The number of carbonyl (C=O) groups excluding carboxylic acids is 3. The lowest BCUT2D eigenvalue weighted by Gasteiger charge is -2.22. The van der Waals surface area contributed by atoms with Gasteiger partial charge in [0.25, 0.3) is 5.91 Å². The van der Waals surface area contributed by atoms with Crippen LogP contribution in [-0.4, -0.2) is 29.3 Å². The van der Waals surface area contributed by atoms with E-state index in [2.05, 4.69) is 22.8 Å². The van der Waals surface area contributed by atoms with Crippen molar-refractivity contribution in [3.05, 3.63) is 89.0 Å². The van der Waals surface area contributed by atoms with E-state index in [1.54, 1.807) is 6.92 Å². The number of hydrogen-bond acceptors (Lipinski definition) is 3. The number of fused-ring (bicyclic) bond motifs is 3. The van der Waals surface area contributed by atoms with Crippen molar-refractivity contribution in [3.8, 4) is 11.1 Å². The second-order valence-electron chi connectivity index (χ2n) is 8.57. The van der Waals surface area contributed by atoms with Gasteiger partial charge in [-0.3, -0.25) is 14.5 Å². The van der Waals surface area contributed by atoms with Gasteiger partial charge in [-0.25, -0.2) is 4.79 Å². The number of hydrogen-bond donors (Lipinski definition) is 2. The van der Waals surface area contributed by atoms with Gasteiger partial charge in [-0.05, 0) is 60.2 Å². The van der Waals surface area contributed by atoms with Crippen LogP contribution in [0.25, 0.3) is 11.1 Å². The van der Waals surface area contributed by atoms with Crippen molar-refractivity contribution in [1.29, 1.82) is 0 Å². The molecule has 1 saturated heterocycles. The molecule has 4 amide bonds. The van der Waals surface area contributed by atoms with E-state index in [0.29, 0.717) is 11.3 Å². The number of nitrogens with zero attached hydrogens (tertiary/aromatic N) is 1. The van der Waals surface area contributed by atoms with Crippen molar-refractivity contribution in [2.45, 2.75) is 25.8 Å². The third-order valence-electron chi connectivity index (χ3n) is 6.28. The van der Waals surface area contributed by atoms with Gasteiger partial charge in [0.1, 0.15) is 12.1 Å². The van der Waals surface area contributed by atoms with E-state index in [1.807, 2.05) is 61.5 Å². The molecule has 1 aliphatic heterocycles. The predicted octanol–water partition coefficient (Wildman–Crippen LogP) is 3.97. The minimum atomic E-state index is -1.19. The Morgan fingerprint density at radius 2 is 1.72 bits per heavy atom. The van der Waals surface area contributed by atoms with Gasteiger partial charge >= 0.3 is 6.03 Å². The van der Waals surface area contributed by atoms with Crippen molar-refractivity contribution in [2.75, 3.05) is 11.9 Å². The SMILES string of the molecule is Cc1ccc([C@@]2(C)NC(=O)N(CC(=O)Nc3ccc4c(c3)Cc3ccccc3-4)C2=O)cc1. The molecule has 5 rings (SSSR count). The lowest BCUT2D eigenvalue weighted by atomic mass is 9.91. The van der Waals surface area contributed by atoms with E-state index >= 15 is 0 Å². The molecule has 0 aromatic heterocycles. The first-order valence-electron chi connectivity index (χ1n) is 10.6. The van der Waals surface area contributed by atoms with Crippen molar-refractivity contribution < 1.29 is 14.4 Å². The highest BCUT2D eigenvalue weighted by Gasteiger charge is 2.49. The van der Waals surface area contributed by atoms with Crippen molar-refractivity contribution >= 4 is 23.5 Å². The van der Waals surface area contributed by atoms with Crippen molar-refractivity contribution in [3.63, 3.8) is 0 Å². The van der Waals surface area contributed by atoms with Gasteiger partial charge in [-0.2, -0.15) is 0 Å². The Hall–Kier alpha value is -3.93. The van der Waals surface area contributed by atoms with Gasteiger partial charge in [0.2, 0.25) is 5.91 Å². The first kappa shape index (κ1) is 20.0. The molecule has 160 valence electrons. The van der Waals surface area contributed by atoms with Crippen LogP contribution in [0.1, 0.15) is 29.2 Å². The minimum Gasteiger partial charge on any atom is -0.325 e. The number of amides is 4. The summed E-state index contributed by atoms with van der Waals surface area (Å²) in [6.07, 6.45) is 0.817. The lowest BCUT2D eigenvalue weighted by Crippen LogP contribution is -2.42. The van der Waals surface area contributed by atoms with E-state index in [4.69, 9.17) is 0 Å². The minimum absolute atomic E-state index is 0.344. The fraction of sp³-hybridized carbons (Fsp3) is 0.192. The molecular weight excluding hydrogens is 402 g/mol.